The lowest BCUT2D eigenvalue weighted by Gasteiger charge is -2.38. The van der Waals surface area contributed by atoms with Gasteiger partial charge in [0.2, 0.25) is 5.91 Å². The number of hydrogen-bond donors (Lipinski definition) is 2. The van der Waals surface area contributed by atoms with Gasteiger partial charge in [0.15, 0.2) is 0 Å². The molecule has 0 aliphatic carbocycles. The molecule has 0 bridgehead atoms. The second kappa shape index (κ2) is 5.59. The Kier molecular flexibility index (Phi) is 4.07. The molecule has 0 spiro atoms. The van der Waals surface area contributed by atoms with Crippen molar-refractivity contribution in [2.24, 2.45) is 11.1 Å². The van der Waals surface area contributed by atoms with Gasteiger partial charge in [-0.15, -0.1) is 0 Å². The molecule has 2 rings (SSSR count). The number of benzene rings is 1. The molecule has 0 saturated carbocycles. The van der Waals surface area contributed by atoms with Gasteiger partial charge in [-0.2, -0.15) is 0 Å². The zero-order chi connectivity index (χ0) is 13.9. The SMILES string of the molecule is CCc1ccc(OC)c(NC(=O)C2(CN)COC2)c1. The molecule has 19 heavy (non-hydrogen) atoms. The van der Waals surface area contributed by atoms with Crippen molar-refractivity contribution in [1.82, 2.24) is 0 Å². The summed E-state index contributed by atoms with van der Waals surface area (Å²) in [7, 11) is 1.59. The van der Waals surface area contributed by atoms with Crippen LogP contribution in [0.5, 0.6) is 5.75 Å². The molecular weight excluding hydrogens is 244 g/mol. The van der Waals surface area contributed by atoms with Crippen LogP contribution in [0.1, 0.15) is 12.5 Å². The number of carbonyl (C=O) groups excluding carboxylic acids is 1. The van der Waals surface area contributed by atoms with Gasteiger partial charge in [-0.25, -0.2) is 0 Å². The first kappa shape index (κ1) is 13.8. The highest BCUT2D eigenvalue weighted by Gasteiger charge is 2.44. The van der Waals surface area contributed by atoms with E-state index in [1.165, 1.54) is 0 Å². The van der Waals surface area contributed by atoms with Crippen molar-refractivity contribution in [3.8, 4) is 5.75 Å². The molecule has 1 fully saturated rings. The Labute approximate surface area is 113 Å². The molecule has 104 valence electrons. The van der Waals surface area contributed by atoms with Crippen LogP contribution in [-0.2, 0) is 16.0 Å². The summed E-state index contributed by atoms with van der Waals surface area (Å²) in [6.07, 6.45) is 0.901. The second-order valence-electron chi connectivity index (χ2n) is 4.82. The molecule has 0 aromatic heterocycles. The van der Waals surface area contributed by atoms with Crippen molar-refractivity contribution in [2.45, 2.75) is 13.3 Å². The van der Waals surface area contributed by atoms with Crippen LogP contribution < -0.4 is 15.8 Å². The minimum Gasteiger partial charge on any atom is -0.495 e. The van der Waals surface area contributed by atoms with Crippen molar-refractivity contribution in [2.75, 3.05) is 32.2 Å². The van der Waals surface area contributed by atoms with Crippen molar-refractivity contribution < 1.29 is 14.3 Å². The molecule has 5 nitrogen and oxygen atoms in total. The third-order valence-corrected chi connectivity index (χ3v) is 3.55. The highest BCUT2D eigenvalue weighted by molar-refractivity contribution is 5.97. The maximum absolute atomic E-state index is 12.3. The summed E-state index contributed by atoms with van der Waals surface area (Å²) >= 11 is 0. The number of amides is 1. The van der Waals surface area contributed by atoms with E-state index in [9.17, 15) is 4.79 Å². The van der Waals surface area contributed by atoms with E-state index in [-0.39, 0.29) is 12.5 Å². The number of nitrogens with one attached hydrogen (secondary N) is 1. The highest BCUT2D eigenvalue weighted by atomic mass is 16.5. The molecule has 1 aliphatic heterocycles. The Morgan fingerprint density at radius 2 is 2.26 bits per heavy atom. The largest absolute Gasteiger partial charge is 0.495 e. The summed E-state index contributed by atoms with van der Waals surface area (Å²) in [6.45, 7) is 3.11. The number of methoxy groups -OCH3 is 1. The zero-order valence-corrected chi connectivity index (χ0v) is 11.4. The molecule has 0 atom stereocenters. The first-order valence-electron chi connectivity index (χ1n) is 6.41. The van der Waals surface area contributed by atoms with Gasteiger partial charge in [0.25, 0.3) is 0 Å². The third-order valence-electron chi connectivity index (χ3n) is 3.55. The summed E-state index contributed by atoms with van der Waals surface area (Å²) in [6, 6.07) is 5.78. The van der Waals surface area contributed by atoms with Crippen LogP contribution in [0, 0.1) is 5.41 Å². The van der Waals surface area contributed by atoms with Crippen LogP contribution in [0.4, 0.5) is 5.69 Å². The molecule has 1 aromatic carbocycles. The fourth-order valence-electron chi connectivity index (χ4n) is 2.02. The van der Waals surface area contributed by atoms with E-state index in [4.69, 9.17) is 15.2 Å². The zero-order valence-electron chi connectivity index (χ0n) is 11.4. The monoisotopic (exact) mass is 264 g/mol. The number of carbonyl (C=O) groups is 1. The lowest BCUT2D eigenvalue weighted by molar-refractivity contribution is -0.153. The molecule has 1 saturated heterocycles. The smallest absolute Gasteiger partial charge is 0.236 e. The fraction of sp³-hybridized carbons (Fsp3) is 0.500. The topological polar surface area (TPSA) is 73.6 Å². The molecule has 3 N–H and O–H groups in total. The predicted molar refractivity (Wildman–Crippen MR) is 73.3 cm³/mol. The maximum atomic E-state index is 12.3. The van der Waals surface area contributed by atoms with Crippen LogP contribution in [0.15, 0.2) is 18.2 Å². The Balaban J connectivity index is 2.19. The molecule has 1 aliphatic rings. The number of hydrogen-bond acceptors (Lipinski definition) is 4. The number of rotatable bonds is 5. The van der Waals surface area contributed by atoms with Crippen LogP contribution in [-0.4, -0.2) is 32.8 Å². The van der Waals surface area contributed by atoms with Gasteiger partial charge in [-0.05, 0) is 24.1 Å². The minimum absolute atomic E-state index is 0.104. The third kappa shape index (κ3) is 2.57. The number of aryl methyl sites for hydroxylation is 1. The quantitative estimate of drug-likeness (QED) is 0.837. The minimum atomic E-state index is -0.590. The van der Waals surface area contributed by atoms with Crippen molar-refractivity contribution in [1.29, 1.82) is 0 Å². The number of nitrogens with two attached hydrogens (primary N) is 1. The standard InChI is InChI=1S/C14H20N2O3/c1-3-10-4-5-12(18-2)11(6-10)16-13(17)14(7-15)8-19-9-14/h4-6H,3,7-9,15H2,1-2H3,(H,16,17). The second-order valence-corrected chi connectivity index (χ2v) is 4.82. The molecule has 0 unspecified atom stereocenters. The Bertz CT molecular complexity index is 464. The molecule has 1 aromatic rings. The van der Waals surface area contributed by atoms with Crippen LogP contribution in [0.3, 0.4) is 0 Å². The van der Waals surface area contributed by atoms with Crippen LogP contribution in [0.2, 0.25) is 0 Å². The summed E-state index contributed by atoms with van der Waals surface area (Å²) < 4.78 is 10.4. The number of ether oxygens (including phenoxy) is 2. The summed E-state index contributed by atoms with van der Waals surface area (Å²) in [4.78, 5) is 12.3. The van der Waals surface area contributed by atoms with Crippen LogP contribution in [0.25, 0.3) is 0 Å². The van der Waals surface area contributed by atoms with E-state index in [2.05, 4.69) is 12.2 Å². The van der Waals surface area contributed by atoms with E-state index in [0.29, 0.717) is 24.7 Å². The van der Waals surface area contributed by atoms with E-state index in [1.54, 1.807) is 7.11 Å². The average Bonchev–Trinajstić information content (AvgIpc) is 2.38. The highest BCUT2D eigenvalue weighted by Crippen LogP contribution is 2.31. The van der Waals surface area contributed by atoms with Crippen LogP contribution >= 0.6 is 0 Å². The van der Waals surface area contributed by atoms with Gasteiger partial charge in [0.05, 0.1) is 26.0 Å². The Morgan fingerprint density at radius 1 is 1.53 bits per heavy atom. The Morgan fingerprint density at radius 3 is 2.74 bits per heavy atom. The van der Waals surface area contributed by atoms with Crippen molar-refractivity contribution in [3.63, 3.8) is 0 Å². The fourth-order valence-corrected chi connectivity index (χ4v) is 2.02. The molecule has 5 heteroatoms. The Hall–Kier alpha value is -1.59. The summed E-state index contributed by atoms with van der Waals surface area (Å²) in [5.41, 5.74) is 6.92. The van der Waals surface area contributed by atoms with E-state index in [1.807, 2.05) is 18.2 Å². The molecule has 1 heterocycles. The van der Waals surface area contributed by atoms with E-state index in [0.717, 1.165) is 12.0 Å². The van der Waals surface area contributed by atoms with Gasteiger partial charge in [0, 0.05) is 6.54 Å². The van der Waals surface area contributed by atoms with Crippen molar-refractivity contribution >= 4 is 11.6 Å². The lowest BCUT2D eigenvalue weighted by Crippen LogP contribution is -2.56. The molecule has 0 radical (unpaired) electrons. The van der Waals surface area contributed by atoms with Gasteiger partial charge in [-0.3, -0.25) is 4.79 Å². The first-order valence-corrected chi connectivity index (χ1v) is 6.41. The van der Waals surface area contributed by atoms with Gasteiger partial charge < -0.3 is 20.5 Å². The lowest BCUT2D eigenvalue weighted by atomic mass is 9.85. The summed E-state index contributed by atoms with van der Waals surface area (Å²) in [5.74, 6) is 0.547. The number of anilines is 1. The van der Waals surface area contributed by atoms with E-state index >= 15 is 0 Å². The maximum Gasteiger partial charge on any atom is 0.236 e. The van der Waals surface area contributed by atoms with E-state index < -0.39 is 5.41 Å². The molecule has 1 amide bonds. The molecular formula is C14H20N2O3. The average molecular weight is 264 g/mol. The summed E-state index contributed by atoms with van der Waals surface area (Å²) in [5, 5.41) is 2.91. The first-order chi connectivity index (χ1) is 9.15. The van der Waals surface area contributed by atoms with Gasteiger partial charge >= 0.3 is 0 Å². The predicted octanol–water partition coefficient (Wildman–Crippen LogP) is 1.17. The normalized spacial score (nSPS) is 16.6. The van der Waals surface area contributed by atoms with Gasteiger partial charge in [-0.1, -0.05) is 13.0 Å². The van der Waals surface area contributed by atoms with Gasteiger partial charge in [0.1, 0.15) is 11.2 Å². The van der Waals surface area contributed by atoms with Crippen molar-refractivity contribution in [3.05, 3.63) is 23.8 Å².